The van der Waals surface area contributed by atoms with Crippen molar-refractivity contribution in [2.24, 2.45) is 5.10 Å². The van der Waals surface area contributed by atoms with E-state index in [1.165, 1.54) is 16.0 Å². The first-order valence-electron chi connectivity index (χ1n) is 7.49. The highest BCUT2D eigenvalue weighted by molar-refractivity contribution is 7.15. The normalized spacial score (nSPS) is 14.6. The van der Waals surface area contributed by atoms with Gasteiger partial charge < -0.3 is 0 Å². The van der Waals surface area contributed by atoms with Crippen LogP contribution in [-0.2, 0) is 0 Å². The van der Waals surface area contributed by atoms with Crippen molar-refractivity contribution in [1.29, 1.82) is 0 Å². The van der Waals surface area contributed by atoms with Gasteiger partial charge in [-0.25, -0.2) is 4.98 Å². The number of aromatic nitrogens is 1. The lowest BCUT2D eigenvalue weighted by Crippen LogP contribution is -2.44. The third kappa shape index (κ3) is 4.18. The molecule has 2 rings (SSSR count). The predicted molar refractivity (Wildman–Crippen MR) is 94.8 cm³/mol. The molecule has 0 bridgehead atoms. The molecule has 0 atom stereocenters. The van der Waals surface area contributed by atoms with Crippen LogP contribution in [0, 0.1) is 13.8 Å². The van der Waals surface area contributed by atoms with Crippen molar-refractivity contribution in [1.82, 2.24) is 15.5 Å². The second-order valence-electron chi connectivity index (χ2n) is 5.94. The Morgan fingerprint density at radius 2 is 1.82 bits per heavy atom. The third-order valence-corrected chi connectivity index (χ3v) is 4.31. The van der Waals surface area contributed by atoms with Gasteiger partial charge in [-0.2, -0.15) is 0 Å². The maximum absolute atomic E-state index is 4.68. The molecule has 0 saturated heterocycles. The van der Waals surface area contributed by atoms with Gasteiger partial charge in [0.15, 0.2) is 0 Å². The van der Waals surface area contributed by atoms with Crippen molar-refractivity contribution < 1.29 is 0 Å². The SMILES string of the molecule is CC(C)=CCC1=NN(c2nc(C)c(C)s2)N(CC=C(C)C)N1. The van der Waals surface area contributed by atoms with E-state index in [1.807, 2.05) is 17.2 Å². The number of amidine groups is 1. The molecule has 0 spiro atoms. The summed E-state index contributed by atoms with van der Waals surface area (Å²) in [5.74, 6) is 0.939. The summed E-state index contributed by atoms with van der Waals surface area (Å²) in [6.45, 7) is 13.3. The molecule has 0 aromatic carbocycles. The van der Waals surface area contributed by atoms with Crippen LogP contribution in [-0.4, -0.2) is 22.5 Å². The maximum Gasteiger partial charge on any atom is 0.224 e. The maximum atomic E-state index is 4.68. The van der Waals surface area contributed by atoms with Gasteiger partial charge in [-0.05, 0) is 41.5 Å². The van der Waals surface area contributed by atoms with E-state index in [4.69, 9.17) is 0 Å². The van der Waals surface area contributed by atoms with E-state index in [0.717, 1.165) is 29.6 Å². The number of allylic oxidation sites excluding steroid dienone is 2. The summed E-state index contributed by atoms with van der Waals surface area (Å²) in [4.78, 5) is 5.85. The Morgan fingerprint density at radius 1 is 1.14 bits per heavy atom. The Kier molecular flexibility index (Phi) is 5.37. The van der Waals surface area contributed by atoms with E-state index in [-0.39, 0.29) is 0 Å². The molecule has 0 amide bonds. The first-order valence-corrected chi connectivity index (χ1v) is 8.31. The summed E-state index contributed by atoms with van der Waals surface area (Å²) in [5, 5.41) is 9.45. The summed E-state index contributed by atoms with van der Waals surface area (Å²) in [7, 11) is 0. The van der Waals surface area contributed by atoms with Crippen LogP contribution >= 0.6 is 11.3 Å². The van der Waals surface area contributed by atoms with E-state index in [2.05, 4.69) is 62.3 Å². The molecule has 0 aliphatic carbocycles. The van der Waals surface area contributed by atoms with Gasteiger partial charge in [0.2, 0.25) is 5.13 Å². The number of hydrazone groups is 1. The highest BCUT2D eigenvalue weighted by Gasteiger charge is 2.26. The first-order chi connectivity index (χ1) is 10.4. The standard InChI is InChI=1S/C16H25N5S/c1-11(2)7-8-15-18-20(10-9-12(3)4)21(19-15)16-17-13(5)14(6)22-16/h7,9H,8,10H2,1-6H3,(H,18,19). The van der Waals surface area contributed by atoms with Gasteiger partial charge in [0.05, 0.1) is 12.2 Å². The molecule has 1 aliphatic heterocycles. The number of nitrogens with one attached hydrogen (secondary N) is 1. The number of anilines is 1. The second-order valence-corrected chi connectivity index (χ2v) is 7.12. The average molecular weight is 319 g/mol. The summed E-state index contributed by atoms with van der Waals surface area (Å²) in [6, 6.07) is 0. The molecule has 0 fully saturated rings. The fraction of sp³-hybridized carbons (Fsp3) is 0.500. The number of rotatable bonds is 5. The van der Waals surface area contributed by atoms with Crippen LogP contribution in [0.1, 0.15) is 44.7 Å². The van der Waals surface area contributed by atoms with Crippen molar-refractivity contribution in [3.05, 3.63) is 33.9 Å². The van der Waals surface area contributed by atoms with Crippen LogP contribution < -0.4 is 10.5 Å². The van der Waals surface area contributed by atoms with Crippen molar-refractivity contribution in [3.8, 4) is 0 Å². The van der Waals surface area contributed by atoms with E-state index in [0.29, 0.717) is 0 Å². The smallest absolute Gasteiger partial charge is 0.224 e. The highest BCUT2D eigenvalue weighted by atomic mass is 32.1. The van der Waals surface area contributed by atoms with Gasteiger partial charge in [-0.1, -0.05) is 34.6 Å². The molecule has 120 valence electrons. The molecule has 0 saturated carbocycles. The van der Waals surface area contributed by atoms with E-state index >= 15 is 0 Å². The Morgan fingerprint density at radius 3 is 2.36 bits per heavy atom. The molecular formula is C16H25N5S. The summed E-state index contributed by atoms with van der Waals surface area (Å²) in [5.41, 5.74) is 7.01. The quantitative estimate of drug-likeness (QED) is 0.835. The van der Waals surface area contributed by atoms with Gasteiger partial charge in [-0.15, -0.1) is 15.3 Å². The van der Waals surface area contributed by atoms with Crippen LogP contribution in [0.3, 0.4) is 0 Å². The third-order valence-electron chi connectivity index (χ3n) is 3.27. The Bertz CT molecular complexity index is 599. The van der Waals surface area contributed by atoms with Crippen molar-refractivity contribution in [3.63, 3.8) is 0 Å². The molecular weight excluding hydrogens is 294 g/mol. The van der Waals surface area contributed by atoms with Crippen LogP contribution in [0.15, 0.2) is 28.4 Å². The zero-order valence-electron chi connectivity index (χ0n) is 14.3. The molecule has 22 heavy (non-hydrogen) atoms. The zero-order chi connectivity index (χ0) is 16.3. The van der Waals surface area contributed by atoms with Gasteiger partial charge in [-0.3, -0.25) is 5.43 Å². The summed E-state index contributed by atoms with van der Waals surface area (Å²) < 4.78 is 0. The van der Waals surface area contributed by atoms with Crippen LogP contribution in [0.5, 0.6) is 0 Å². The van der Waals surface area contributed by atoms with Crippen molar-refractivity contribution in [2.45, 2.75) is 48.0 Å². The number of hydrazine groups is 2. The highest BCUT2D eigenvalue weighted by Crippen LogP contribution is 2.28. The number of nitrogens with zero attached hydrogens (tertiary/aromatic N) is 4. The number of hydrogen-bond acceptors (Lipinski definition) is 6. The largest absolute Gasteiger partial charge is 0.285 e. The van der Waals surface area contributed by atoms with Crippen molar-refractivity contribution >= 4 is 22.3 Å². The van der Waals surface area contributed by atoms with E-state index < -0.39 is 0 Å². The number of thiazole rings is 1. The fourth-order valence-corrected chi connectivity index (χ4v) is 2.72. The lowest BCUT2D eigenvalue weighted by atomic mass is 10.2. The van der Waals surface area contributed by atoms with Crippen LogP contribution in [0.4, 0.5) is 5.13 Å². The van der Waals surface area contributed by atoms with E-state index in [9.17, 15) is 0 Å². The van der Waals surface area contributed by atoms with Gasteiger partial charge in [0.25, 0.3) is 0 Å². The molecule has 2 heterocycles. The minimum absolute atomic E-state index is 0.752. The number of hydrogen-bond donors (Lipinski definition) is 1. The summed E-state index contributed by atoms with van der Waals surface area (Å²) in [6.07, 6.45) is 5.15. The lowest BCUT2D eigenvalue weighted by molar-refractivity contribution is 0.263. The fourth-order valence-electron chi connectivity index (χ4n) is 1.85. The van der Waals surface area contributed by atoms with Crippen LogP contribution in [0.2, 0.25) is 0 Å². The van der Waals surface area contributed by atoms with Crippen molar-refractivity contribution in [2.75, 3.05) is 11.7 Å². The Balaban J connectivity index is 2.22. The molecule has 5 nitrogen and oxygen atoms in total. The molecule has 0 unspecified atom stereocenters. The zero-order valence-corrected chi connectivity index (χ0v) is 15.1. The summed E-state index contributed by atoms with van der Waals surface area (Å²) >= 11 is 1.67. The van der Waals surface area contributed by atoms with E-state index in [1.54, 1.807) is 11.3 Å². The molecule has 1 aromatic heterocycles. The van der Waals surface area contributed by atoms with Crippen LogP contribution in [0.25, 0.3) is 0 Å². The Labute approximate surface area is 137 Å². The topological polar surface area (TPSA) is 43.8 Å². The minimum atomic E-state index is 0.752. The minimum Gasteiger partial charge on any atom is -0.285 e. The van der Waals surface area contributed by atoms with Gasteiger partial charge in [0.1, 0.15) is 5.84 Å². The molecule has 0 radical (unpaired) electrons. The molecule has 1 aromatic rings. The molecule has 1 aliphatic rings. The second kappa shape index (κ2) is 7.07. The number of aryl methyl sites for hydroxylation is 2. The predicted octanol–water partition coefficient (Wildman–Crippen LogP) is 3.94. The lowest BCUT2D eigenvalue weighted by Gasteiger charge is -2.22. The monoisotopic (exact) mass is 319 g/mol. The van der Waals surface area contributed by atoms with Gasteiger partial charge in [0, 0.05) is 11.3 Å². The molecule has 1 N–H and O–H groups in total. The van der Waals surface area contributed by atoms with Gasteiger partial charge >= 0.3 is 0 Å². The first kappa shape index (κ1) is 16.7. The molecule has 6 heteroatoms. The Hall–Kier alpha value is -1.66. The average Bonchev–Trinajstić information content (AvgIpc) is 2.98.